The average molecular weight is 222 g/mol. The minimum Gasteiger partial charge on any atom is -0.327 e. The molecular weight excluding hydrogens is 205 g/mol. The number of halogens is 3. The van der Waals surface area contributed by atoms with Crippen LogP contribution in [0.2, 0.25) is 0 Å². The molecule has 1 aliphatic carbocycles. The Morgan fingerprint density at radius 2 is 1.93 bits per heavy atom. The van der Waals surface area contributed by atoms with Crippen molar-refractivity contribution >= 4 is 0 Å². The van der Waals surface area contributed by atoms with Crippen LogP contribution in [0.4, 0.5) is 13.2 Å². The maximum absolute atomic E-state index is 12.8. The molecule has 88 valence electrons. The molecule has 2 rings (SSSR count). The van der Waals surface area contributed by atoms with Gasteiger partial charge in [-0.25, -0.2) is 0 Å². The molecule has 1 aliphatic heterocycles. The highest BCUT2D eigenvalue weighted by Crippen LogP contribution is 2.54. The molecule has 0 aromatic rings. The van der Waals surface area contributed by atoms with E-state index in [1.165, 1.54) is 0 Å². The number of likely N-dealkylation sites (tertiary alicyclic amines) is 1. The van der Waals surface area contributed by atoms with Gasteiger partial charge in [0.2, 0.25) is 0 Å². The van der Waals surface area contributed by atoms with Crippen LogP contribution in [-0.2, 0) is 0 Å². The topological polar surface area (TPSA) is 29.3 Å². The zero-order chi connectivity index (χ0) is 11.3. The fourth-order valence-electron chi connectivity index (χ4n) is 2.45. The molecule has 0 bridgehead atoms. The van der Waals surface area contributed by atoms with Crippen LogP contribution in [0.1, 0.15) is 26.2 Å². The standard InChI is InChI=1S/C10H17F3N2/c1-7-6-15(5-2-8(7)14)9(3-4-9)10(11,12)13/h7-8H,2-6,14H2,1H3. The van der Waals surface area contributed by atoms with Crippen molar-refractivity contribution in [2.24, 2.45) is 11.7 Å². The maximum Gasteiger partial charge on any atom is 0.406 e. The van der Waals surface area contributed by atoms with Crippen LogP contribution >= 0.6 is 0 Å². The minimum absolute atomic E-state index is 0.0604. The van der Waals surface area contributed by atoms with E-state index in [1.807, 2.05) is 6.92 Å². The summed E-state index contributed by atoms with van der Waals surface area (Å²) < 4.78 is 38.5. The molecule has 0 aromatic heterocycles. The average Bonchev–Trinajstić information content (AvgIpc) is 2.88. The summed E-state index contributed by atoms with van der Waals surface area (Å²) in [5.74, 6) is 0.165. The third-order valence-electron chi connectivity index (χ3n) is 3.83. The van der Waals surface area contributed by atoms with Gasteiger partial charge in [0.25, 0.3) is 0 Å². The smallest absolute Gasteiger partial charge is 0.327 e. The quantitative estimate of drug-likeness (QED) is 0.732. The molecule has 1 saturated carbocycles. The van der Waals surface area contributed by atoms with Gasteiger partial charge in [-0.3, -0.25) is 4.90 Å². The molecule has 2 nitrogen and oxygen atoms in total. The number of rotatable bonds is 1. The third-order valence-corrected chi connectivity index (χ3v) is 3.83. The molecule has 2 unspecified atom stereocenters. The van der Waals surface area contributed by atoms with Gasteiger partial charge in [-0.15, -0.1) is 0 Å². The lowest BCUT2D eigenvalue weighted by Gasteiger charge is -2.41. The largest absolute Gasteiger partial charge is 0.406 e. The van der Waals surface area contributed by atoms with Gasteiger partial charge in [-0.2, -0.15) is 13.2 Å². The van der Waals surface area contributed by atoms with Gasteiger partial charge in [0.05, 0.1) is 0 Å². The summed E-state index contributed by atoms with van der Waals surface area (Å²) in [6.45, 7) is 2.91. The summed E-state index contributed by atoms with van der Waals surface area (Å²) in [5.41, 5.74) is 4.31. The Labute approximate surface area is 87.6 Å². The van der Waals surface area contributed by atoms with Crippen molar-refractivity contribution in [3.63, 3.8) is 0 Å². The molecular formula is C10H17F3N2. The molecule has 0 radical (unpaired) electrons. The second-order valence-electron chi connectivity index (χ2n) is 4.91. The van der Waals surface area contributed by atoms with Crippen LogP contribution in [0, 0.1) is 5.92 Å². The lowest BCUT2D eigenvalue weighted by atomic mass is 9.93. The van der Waals surface area contributed by atoms with E-state index in [-0.39, 0.29) is 24.8 Å². The Morgan fingerprint density at radius 3 is 2.33 bits per heavy atom. The van der Waals surface area contributed by atoms with E-state index in [4.69, 9.17) is 5.73 Å². The normalized spacial score (nSPS) is 36.6. The zero-order valence-electron chi connectivity index (χ0n) is 8.85. The Kier molecular flexibility index (Phi) is 2.50. The van der Waals surface area contributed by atoms with Crippen LogP contribution in [0.3, 0.4) is 0 Å². The zero-order valence-corrected chi connectivity index (χ0v) is 8.85. The highest BCUT2D eigenvalue weighted by molar-refractivity contribution is 5.10. The summed E-state index contributed by atoms with van der Waals surface area (Å²) in [6, 6.07) is 0.0604. The first-order valence-corrected chi connectivity index (χ1v) is 5.44. The van der Waals surface area contributed by atoms with Crippen molar-refractivity contribution in [2.45, 2.75) is 43.9 Å². The molecule has 2 fully saturated rings. The third kappa shape index (κ3) is 1.76. The summed E-state index contributed by atoms with van der Waals surface area (Å²) in [6.07, 6.45) is -2.87. The molecule has 2 N–H and O–H groups in total. The van der Waals surface area contributed by atoms with Gasteiger partial charge in [-0.1, -0.05) is 6.92 Å². The molecule has 2 aliphatic rings. The second kappa shape index (κ2) is 3.35. The van der Waals surface area contributed by atoms with Crippen molar-refractivity contribution in [3.05, 3.63) is 0 Å². The van der Waals surface area contributed by atoms with Crippen molar-refractivity contribution in [3.8, 4) is 0 Å². The summed E-state index contributed by atoms with van der Waals surface area (Å²) >= 11 is 0. The monoisotopic (exact) mass is 222 g/mol. The molecule has 0 aromatic carbocycles. The van der Waals surface area contributed by atoms with E-state index < -0.39 is 11.7 Å². The number of alkyl halides is 3. The van der Waals surface area contributed by atoms with Gasteiger partial charge in [0, 0.05) is 19.1 Å². The van der Waals surface area contributed by atoms with Gasteiger partial charge in [0.15, 0.2) is 0 Å². The number of piperidine rings is 1. The minimum atomic E-state index is -4.08. The first-order valence-electron chi connectivity index (χ1n) is 5.44. The van der Waals surface area contributed by atoms with Crippen molar-refractivity contribution in [2.75, 3.05) is 13.1 Å². The summed E-state index contributed by atoms with van der Waals surface area (Å²) in [4.78, 5) is 1.60. The molecule has 0 amide bonds. The van der Waals surface area contributed by atoms with E-state index >= 15 is 0 Å². The number of nitrogens with zero attached hydrogens (tertiary/aromatic N) is 1. The Balaban J connectivity index is 2.06. The molecule has 15 heavy (non-hydrogen) atoms. The molecule has 0 spiro atoms. The fourth-order valence-corrected chi connectivity index (χ4v) is 2.45. The fraction of sp³-hybridized carbons (Fsp3) is 1.00. The molecule has 1 saturated heterocycles. The summed E-state index contributed by atoms with van der Waals surface area (Å²) in [5, 5.41) is 0. The van der Waals surface area contributed by atoms with Crippen molar-refractivity contribution in [1.29, 1.82) is 0 Å². The SMILES string of the molecule is CC1CN(C2(C(F)(F)F)CC2)CCC1N. The molecule has 1 heterocycles. The predicted octanol–water partition coefficient (Wildman–Crippen LogP) is 1.75. The van der Waals surface area contributed by atoms with E-state index in [9.17, 15) is 13.2 Å². The van der Waals surface area contributed by atoms with Crippen LogP contribution in [-0.4, -0.2) is 35.7 Å². The number of hydrogen-bond donors (Lipinski definition) is 1. The van der Waals surface area contributed by atoms with Gasteiger partial charge < -0.3 is 5.73 Å². The lowest BCUT2D eigenvalue weighted by molar-refractivity contribution is -0.201. The number of hydrogen-bond acceptors (Lipinski definition) is 2. The van der Waals surface area contributed by atoms with Crippen LogP contribution in [0.15, 0.2) is 0 Å². The van der Waals surface area contributed by atoms with Crippen LogP contribution in [0.5, 0.6) is 0 Å². The second-order valence-corrected chi connectivity index (χ2v) is 4.91. The summed E-state index contributed by atoms with van der Waals surface area (Å²) in [7, 11) is 0. The van der Waals surface area contributed by atoms with E-state index in [0.29, 0.717) is 19.5 Å². The first-order chi connectivity index (χ1) is 6.87. The van der Waals surface area contributed by atoms with Gasteiger partial charge in [-0.05, 0) is 25.2 Å². The lowest BCUT2D eigenvalue weighted by Crippen LogP contribution is -2.55. The highest BCUT2D eigenvalue weighted by atomic mass is 19.4. The van der Waals surface area contributed by atoms with Crippen LogP contribution < -0.4 is 5.73 Å². The van der Waals surface area contributed by atoms with E-state index in [2.05, 4.69) is 0 Å². The number of nitrogens with two attached hydrogens (primary N) is 1. The highest BCUT2D eigenvalue weighted by Gasteiger charge is 2.66. The Bertz CT molecular complexity index is 248. The van der Waals surface area contributed by atoms with Crippen molar-refractivity contribution < 1.29 is 13.2 Å². The molecule has 5 heteroatoms. The molecule has 2 atom stereocenters. The predicted molar refractivity (Wildman–Crippen MR) is 51.3 cm³/mol. The first kappa shape index (κ1) is 11.2. The van der Waals surface area contributed by atoms with Crippen molar-refractivity contribution in [1.82, 2.24) is 4.90 Å². The Morgan fingerprint density at radius 1 is 1.33 bits per heavy atom. The van der Waals surface area contributed by atoms with E-state index in [0.717, 1.165) is 0 Å². The van der Waals surface area contributed by atoms with E-state index in [1.54, 1.807) is 4.90 Å². The van der Waals surface area contributed by atoms with Gasteiger partial charge in [0.1, 0.15) is 5.54 Å². The maximum atomic E-state index is 12.8. The van der Waals surface area contributed by atoms with Gasteiger partial charge >= 0.3 is 6.18 Å². The van der Waals surface area contributed by atoms with Crippen LogP contribution in [0.25, 0.3) is 0 Å². The Hall–Kier alpha value is -0.290.